The summed E-state index contributed by atoms with van der Waals surface area (Å²) in [5.41, 5.74) is 1.29. The summed E-state index contributed by atoms with van der Waals surface area (Å²) in [5.74, 6) is -0.339. The molecule has 1 amide bonds. The van der Waals surface area contributed by atoms with Crippen molar-refractivity contribution in [2.45, 2.75) is 25.4 Å². The average Bonchev–Trinajstić information content (AvgIpc) is 3.46. The standard InChI is InChI=1S/C20H22FN3O3/c1-12(22-2)18-8-14(19(25)23-16-4-5-16)11-24(20(18)26)10-13-6-15(21)9-17(7-13)27-3/h6-9,11,16,22H,1,4-5,10H2,2-3H3,(H,23,25). The van der Waals surface area contributed by atoms with E-state index >= 15 is 0 Å². The number of ether oxygens (including phenoxy) is 1. The highest BCUT2D eigenvalue weighted by Gasteiger charge is 2.24. The van der Waals surface area contributed by atoms with E-state index in [0.29, 0.717) is 28.1 Å². The predicted octanol–water partition coefficient (Wildman–Crippen LogP) is 2.13. The number of pyridine rings is 1. The second kappa shape index (κ2) is 7.65. The lowest BCUT2D eigenvalue weighted by atomic mass is 10.1. The first-order chi connectivity index (χ1) is 12.9. The molecule has 1 fully saturated rings. The molecule has 0 spiro atoms. The minimum absolute atomic E-state index is 0.0987. The molecule has 2 aromatic rings. The van der Waals surface area contributed by atoms with Gasteiger partial charge in [-0.15, -0.1) is 0 Å². The number of nitrogens with zero attached hydrogens (tertiary/aromatic N) is 1. The van der Waals surface area contributed by atoms with Crippen LogP contribution in [-0.4, -0.2) is 30.7 Å². The number of halogens is 1. The second-order valence-electron chi connectivity index (χ2n) is 6.55. The molecule has 1 aromatic heterocycles. The Kier molecular flexibility index (Phi) is 5.30. The maximum Gasteiger partial charge on any atom is 0.260 e. The summed E-state index contributed by atoms with van der Waals surface area (Å²) < 4.78 is 20.2. The van der Waals surface area contributed by atoms with Gasteiger partial charge < -0.3 is 19.9 Å². The van der Waals surface area contributed by atoms with Crippen molar-refractivity contribution in [3.8, 4) is 5.75 Å². The lowest BCUT2D eigenvalue weighted by Crippen LogP contribution is -2.31. The van der Waals surface area contributed by atoms with E-state index in [-0.39, 0.29) is 24.1 Å². The largest absolute Gasteiger partial charge is 0.497 e. The maximum absolute atomic E-state index is 13.8. The third kappa shape index (κ3) is 4.36. The van der Waals surface area contributed by atoms with Gasteiger partial charge in [0.15, 0.2) is 0 Å². The number of hydrogen-bond donors (Lipinski definition) is 2. The predicted molar refractivity (Wildman–Crippen MR) is 101 cm³/mol. The molecule has 27 heavy (non-hydrogen) atoms. The summed E-state index contributed by atoms with van der Waals surface area (Å²) in [6.45, 7) is 3.93. The van der Waals surface area contributed by atoms with Crippen LogP contribution in [0, 0.1) is 5.82 Å². The van der Waals surface area contributed by atoms with E-state index in [9.17, 15) is 14.0 Å². The van der Waals surface area contributed by atoms with Gasteiger partial charge in [0.1, 0.15) is 11.6 Å². The van der Waals surface area contributed by atoms with E-state index in [0.717, 1.165) is 12.8 Å². The molecule has 0 aliphatic heterocycles. The zero-order valence-corrected chi connectivity index (χ0v) is 15.3. The molecule has 0 atom stereocenters. The fourth-order valence-electron chi connectivity index (χ4n) is 2.75. The Bertz CT molecular complexity index is 948. The number of benzene rings is 1. The maximum atomic E-state index is 13.8. The van der Waals surface area contributed by atoms with Crippen molar-refractivity contribution in [2.24, 2.45) is 0 Å². The summed E-state index contributed by atoms with van der Waals surface area (Å²) in [7, 11) is 3.10. The minimum Gasteiger partial charge on any atom is -0.497 e. The molecule has 0 unspecified atom stereocenters. The molecule has 0 saturated heterocycles. The quantitative estimate of drug-likeness (QED) is 0.782. The van der Waals surface area contributed by atoms with Gasteiger partial charge >= 0.3 is 0 Å². The Morgan fingerprint density at radius 3 is 2.70 bits per heavy atom. The molecule has 0 bridgehead atoms. The molecule has 2 N–H and O–H groups in total. The Hall–Kier alpha value is -3.09. The van der Waals surface area contributed by atoms with Gasteiger partial charge in [0.05, 0.1) is 24.8 Å². The molecule has 1 aromatic carbocycles. The number of hydrogen-bond acceptors (Lipinski definition) is 4. The third-order valence-corrected chi connectivity index (χ3v) is 4.41. The lowest BCUT2D eigenvalue weighted by molar-refractivity contribution is 0.0950. The monoisotopic (exact) mass is 371 g/mol. The normalized spacial score (nSPS) is 13.1. The van der Waals surface area contributed by atoms with Crippen LogP contribution < -0.4 is 20.9 Å². The summed E-state index contributed by atoms with van der Waals surface area (Å²) in [5, 5.41) is 5.75. The van der Waals surface area contributed by atoms with Crippen molar-refractivity contribution in [3.63, 3.8) is 0 Å². The van der Waals surface area contributed by atoms with Crippen molar-refractivity contribution in [1.29, 1.82) is 0 Å². The number of carbonyl (C=O) groups is 1. The van der Waals surface area contributed by atoms with Gasteiger partial charge in [-0.1, -0.05) is 6.58 Å². The molecule has 1 aliphatic rings. The zero-order valence-electron chi connectivity index (χ0n) is 15.3. The zero-order chi connectivity index (χ0) is 19.6. The van der Waals surface area contributed by atoms with Gasteiger partial charge in [-0.05, 0) is 36.6 Å². The number of amides is 1. The lowest BCUT2D eigenvalue weighted by Gasteiger charge is -2.14. The van der Waals surface area contributed by atoms with E-state index in [4.69, 9.17) is 4.74 Å². The van der Waals surface area contributed by atoms with Gasteiger partial charge in [-0.2, -0.15) is 0 Å². The van der Waals surface area contributed by atoms with Crippen LogP contribution in [0.4, 0.5) is 4.39 Å². The van der Waals surface area contributed by atoms with E-state index in [1.165, 1.54) is 36.1 Å². The topological polar surface area (TPSA) is 72.4 Å². The Morgan fingerprint density at radius 1 is 1.33 bits per heavy atom. The van der Waals surface area contributed by atoms with E-state index in [2.05, 4.69) is 17.2 Å². The molecule has 6 nitrogen and oxygen atoms in total. The highest BCUT2D eigenvalue weighted by atomic mass is 19.1. The Balaban J connectivity index is 2.02. The van der Waals surface area contributed by atoms with Crippen molar-refractivity contribution >= 4 is 11.6 Å². The van der Waals surface area contributed by atoms with E-state index < -0.39 is 5.82 Å². The summed E-state index contributed by atoms with van der Waals surface area (Å²) in [6, 6.07) is 5.97. The van der Waals surface area contributed by atoms with Gasteiger partial charge in [0.2, 0.25) is 0 Å². The number of aromatic nitrogens is 1. The van der Waals surface area contributed by atoms with Gasteiger partial charge in [-0.25, -0.2) is 4.39 Å². The minimum atomic E-state index is -0.458. The number of rotatable bonds is 7. The first-order valence-electron chi connectivity index (χ1n) is 8.67. The molecule has 0 radical (unpaired) electrons. The molecule has 142 valence electrons. The van der Waals surface area contributed by atoms with Crippen LogP contribution in [0.15, 0.2) is 41.8 Å². The number of nitrogens with one attached hydrogen (secondary N) is 2. The molecule has 1 saturated carbocycles. The smallest absolute Gasteiger partial charge is 0.260 e. The summed E-state index contributed by atoms with van der Waals surface area (Å²) in [4.78, 5) is 25.3. The summed E-state index contributed by atoms with van der Waals surface area (Å²) >= 11 is 0. The molecule has 7 heteroatoms. The van der Waals surface area contributed by atoms with Crippen LogP contribution >= 0.6 is 0 Å². The highest BCUT2D eigenvalue weighted by molar-refractivity contribution is 5.95. The Morgan fingerprint density at radius 2 is 2.07 bits per heavy atom. The SMILES string of the molecule is C=C(NC)c1cc(C(=O)NC2CC2)cn(Cc2cc(F)cc(OC)c2)c1=O. The fraction of sp³-hybridized carbons (Fsp3) is 0.300. The van der Waals surface area contributed by atoms with E-state index in [1.54, 1.807) is 13.1 Å². The van der Waals surface area contributed by atoms with Crippen molar-refractivity contribution in [3.05, 3.63) is 69.9 Å². The van der Waals surface area contributed by atoms with Crippen LogP contribution in [0.5, 0.6) is 5.75 Å². The van der Waals surface area contributed by atoms with Crippen LogP contribution in [0.25, 0.3) is 5.70 Å². The highest BCUT2D eigenvalue weighted by Crippen LogP contribution is 2.20. The van der Waals surface area contributed by atoms with Crippen LogP contribution in [0.1, 0.15) is 34.3 Å². The molecule has 1 aliphatic carbocycles. The Labute approximate surface area is 156 Å². The number of methoxy groups -OCH3 is 1. The van der Waals surface area contributed by atoms with Gasteiger partial charge in [0, 0.05) is 31.0 Å². The van der Waals surface area contributed by atoms with Crippen LogP contribution in [0.3, 0.4) is 0 Å². The van der Waals surface area contributed by atoms with Gasteiger partial charge in [0.25, 0.3) is 11.5 Å². The summed E-state index contributed by atoms with van der Waals surface area (Å²) in [6.07, 6.45) is 3.42. The molecular weight excluding hydrogens is 349 g/mol. The molecule has 1 heterocycles. The average molecular weight is 371 g/mol. The molecular formula is C20H22FN3O3. The van der Waals surface area contributed by atoms with E-state index in [1.807, 2.05) is 0 Å². The van der Waals surface area contributed by atoms with Gasteiger partial charge in [-0.3, -0.25) is 9.59 Å². The van der Waals surface area contributed by atoms with Crippen molar-refractivity contribution < 1.29 is 13.9 Å². The first kappa shape index (κ1) is 18.7. The first-order valence-corrected chi connectivity index (χ1v) is 8.67. The van der Waals surface area contributed by atoms with Crippen molar-refractivity contribution in [2.75, 3.05) is 14.2 Å². The van der Waals surface area contributed by atoms with Crippen molar-refractivity contribution in [1.82, 2.24) is 15.2 Å². The third-order valence-electron chi connectivity index (χ3n) is 4.41. The fourth-order valence-corrected chi connectivity index (χ4v) is 2.75. The van der Waals surface area contributed by atoms with Crippen LogP contribution in [-0.2, 0) is 6.54 Å². The van der Waals surface area contributed by atoms with Crippen LogP contribution in [0.2, 0.25) is 0 Å². The second-order valence-corrected chi connectivity index (χ2v) is 6.55. The molecule has 3 rings (SSSR count). The number of carbonyl (C=O) groups excluding carboxylic acids is 1.